The van der Waals surface area contributed by atoms with E-state index in [9.17, 15) is 5.11 Å². The molecule has 0 aromatic heterocycles. The summed E-state index contributed by atoms with van der Waals surface area (Å²) in [5, 5.41) is 9.55. The molecule has 102 valence electrons. The van der Waals surface area contributed by atoms with Gasteiger partial charge in [-0.1, -0.05) is 30.4 Å². The molecular weight excluding hydrogens is 236 g/mol. The van der Waals surface area contributed by atoms with Crippen molar-refractivity contribution in [3.05, 3.63) is 24.8 Å². The van der Waals surface area contributed by atoms with Gasteiger partial charge in [0.25, 0.3) is 0 Å². The van der Waals surface area contributed by atoms with Gasteiger partial charge in [-0.3, -0.25) is 0 Å². The molecular formula is C17H22O2. The first kappa shape index (κ1) is 15.6. The van der Waals surface area contributed by atoms with Crippen LogP contribution in [0, 0.1) is 23.7 Å². The monoisotopic (exact) mass is 258 g/mol. The molecule has 0 bridgehead atoms. The zero-order chi connectivity index (χ0) is 13.9. The van der Waals surface area contributed by atoms with Crippen LogP contribution in [0.3, 0.4) is 0 Å². The van der Waals surface area contributed by atoms with Gasteiger partial charge in [-0.15, -0.1) is 6.58 Å². The fourth-order valence-corrected chi connectivity index (χ4v) is 1.56. The van der Waals surface area contributed by atoms with Crippen LogP contribution in [-0.2, 0) is 4.74 Å². The van der Waals surface area contributed by atoms with Gasteiger partial charge in [0.05, 0.1) is 6.10 Å². The largest absolute Gasteiger partial charge is 0.377 e. The van der Waals surface area contributed by atoms with Crippen LogP contribution in [0.5, 0.6) is 0 Å². The summed E-state index contributed by atoms with van der Waals surface area (Å²) in [7, 11) is 0. The van der Waals surface area contributed by atoms with Gasteiger partial charge in [0.2, 0.25) is 0 Å². The Balaban J connectivity index is 2.08. The van der Waals surface area contributed by atoms with Gasteiger partial charge in [-0.2, -0.15) is 0 Å². The van der Waals surface area contributed by atoms with E-state index in [1.807, 2.05) is 19.1 Å². The van der Waals surface area contributed by atoms with E-state index in [0.29, 0.717) is 0 Å². The highest BCUT2D eigenvalue weighted by atomic mass is 16.6. The molecule has 0 spiro atoms. The van der Waals surface area contributed by atoms with Gasteiger partial charge >= 0.3 is 0 Å². The summed E-state index contributed by atoms with van der Waals surface area (Å²) >= 11 is 0. The van der Waals surface area contributed by atoms with Crippen molar-refractivity contribution in [1.29, 1.82) is 0 Å². The van der Waals surface area contributed by atoms with E-state index in [1.165, 1.54) is 12.8 Å². The molecule has 1 aliphatic rings. The predicted octanol–water partition coefficient (Wildman–Crippen LogP) is 2.83. The molecule has 0 radical (unpaired) electrons. The number of aliphatic hydroxyl groups is 1. The molecule has 0 amide bonds. The summed E-state index contributed by atoms with van der Waals surface area (Å²) in [6.07, 6.45) is 10.8. The zero-order valence-corrected chi connectivity index (χ0v) is 11.6. The van der Waals surface area contributed by atoms with E-state index >= 15 is 0 Å². The molecule has 1 fully saturated rings. The van der Waals surface area contributed by atoms with E-state index in [-0.39, 0.29) is 12.2 Å². The Morgan fingerprint density at radius 3 is 2.68 bits per heavy atom. The van der Waals surface area contributed by atoms with Crippen molar-refractivity contribution < 1.29 is 9.84 Å². The van der Waals surface area contributed by atoms with Crippen LogP contribution in [-0.4, -0.2) is 23.4 Å². The van der Waals surface area contributed by atoms with Crippen LogP contribution < -0.4 is 0 Å². The lowest BCUT2D eigenvalue weighted by molar-refractivity contribution is 0.280. The van der Waals surface area contributed by atoms with Crippen molar-refractivity contribution in [2.45, 2.75) is 57.3 Å². The third-order valence-corrected chi connectivity index (χ3v) is 2.81. The van der Waals surface area contributed by atoms with Gasteiger partial charge in [-0.05, 0) is 50.5 Å². The highest BCUT2D eigenvalue weighted by Crippen LogP contribution is 2.18. The first-order valence-corrected chi connectivity index (χ1v) is 6.86. The second-order valence-corrected chi connectivity index (χ2v) is 4.60. The highest BCUT2D eigenvalue weighted by Gasteiger charge is 2.31. The number of ether oxygens (including phenoxy) is 1. The van der Waals surface area contributed by atoms with Crippen LogP contribution in [0.25, 0.3) is 0 Å². The minimum absolute atomic E-state index is 0.0394. The first-order valence-electron chi connectivity index (χ1n) is 6.86. The normalized spacial score (nSPS) is 22.0. The molecule has 2 nitrogen and oxygen atoms in total. The molecule has 2 heteroatoms. The average Bonchev–Trinajstić information content (AvgIpc) is 3.09. The Hall–Kier alpha value is -1.48. The van der Waals surface area contributed by atoms with E-state index in [4.69, 9.17) is 4.74 Å². The SMILES string of the molecule is C=CCCCCCC=C[C@H](O)C#CC#CC1OC1C. The van der Waals surface area contributed by atoms with Crippen LogP contribution in [0.4, 0.5) is 0 Å². The molecule has 1 saturated heterocycles. The summed E-state index contributed by atoms with van der Waals surface area (Å²) < 4.78 is 5.12. The number of unbranched alkanes of at least 4 members (excludes halogenated alkanes) is 4. The van der Waals surface area contributed by atoms with E-state index in [2.05, 4.69) is 30.3 Å². The van der Waals surface area contributed by atoms with Gasteiger partial charge in [0, 0.05) is 0 Å². The van der Waals surface area contributed by atoms with Crippen molar-refractivity contribution in [2.24, 2.45) is 0 Å². The third kappa shape index (κ3) is 8.27. The van der Waals surface area contributed by atoms with Gasteiger partial charge in [0.15, 0.2) is 0 Å². The van der Waals surface area contributed by atoms with Gasteiger partial charge < -0.3 is 9.84 Å². The Labute approximate surface area is 116 Å². The van der Waals surface area contributed by atoms with Crippen LogP contribution in [0.15, 0.2) is 24.8 Å². The standard InChI is InChI=1S/C17H22O2/c1-3-4-5-6-7-8-9-12-16(18)13-10-11-14-17-15(2)19-17/h3,9,12,15-18H,1,4-8H2,2H3/t15?,16-,17?/m0/s1. The lowest BCUT2D eigenvalue weighted by atomic mass is 10.1. The molecule has 1 aliphatic heterocycles. The molecule has 2 unspecified atom stereocenters. The van der Waals surface area contributed by atoms with Gasteiger partial charge in [-0.25, -0.2) is 0 Å². The highest BCUT2D eigenvalue weighted by molar-refractivity contribution is 5.31. The van der Waals surface area contributed by atoms with Crippen molar-refractivity contribution in [3.8, 4) is 23.7 Å². The predicted molar refractivity (Wildman–Crippen MR) is 78.3 cm³/mol. The summed E-state index contributed by atoms with van der Waals surface area (Å²) in [5.41, 5.74) is 0. The zero-order valence-electron chi connectivity index (χ0n) is 11.6. The van der Waals surface area contributed by atoms with Crippen molar-refractivity contribution in [1.82, 2.24) is 0 Å². The van der Waals surface area contributed by atoms with Crippen LogP contribution in [0.1, 0.15) is 39.0 Å². The van der Waals surface area contributed by atoms with E-state index < -0.39 is 6.10 Å². The molecule has 1 N–H and O–H groups in total. The molecule has 0 aromatic rings. The molecule has 19 heavy (non-hydrogen) atoms. The molecule has 1 rings (SSSR count). The topological polar surface area (TPSA) is 32.8 Å². The smallest absolute Gasteiger partial charge is 0.145 e. The molecule has 3 atom stereocenters. The molecule has 0 aliphatic carbocycles. The number of hydrogen-bond acceptors (Lipinski definition) is 2. The summed E-state index contributed by atoms with van der Waals surface area (Å²) in [6, 6.07) is 0. The van der Waals surface area contributed by atoms with Crippen molar-refractivity contribution >= 4 is 0 Å². The number of aliphatic hydroxyl groups excluding tert-OH is 1. The first-order chi connectivity index (χ1) is 9.24. The second kappa shape index (κ2) is 9.45. The maximum Gasteiger partial charge on any atom is 0.145 e. The van der Waals surface area contributed by atoms with Gasteiger partial charge in [0.1, 0.15) is 12.2 Å². The maximum absolute atomic E-state index is 9.55. The minimum atomic E-state index is -0.722. The van der Waals surface area contributed by atoms with Crippen molar-refractivity contribution in [3.63, 3.8) is 0 Å². The Bertz CT molecular complexity index is 414. The lowest BCUT2D eigenvalue weighted by Gasteiger charge is -1.95. The quantitative estimate of drug-likeness (QED) is 0.330. The molecule has 0 saturated carbocycles. The fraction of sp³-hybridized carbons (Fsp3) is 0.529. The number of rotatable bonds is 7. The second-order valence-electron chi connectivity index (χ2n) is 4.60. The Kier molecular flexibility index (Phi) is 7.75. The maximum atomic E-state index is 9.55. The fourth-order valence-electron chi connectivity index (χ4n) is 1.56. The number of allylic oxidation sites excluding steroid dienone is 2. The van der Waals surface area contributed by atoms with E-state index in [0.717, 1.165) is 19.3 Å². The number of epoxide rings is 1. The van der Waals surface area contributed by atoms with E-state index in [1.54, 1.807) is 6.08 Å². The van der Waals surface area contributed by atoms with Crippen LogP contribution >= 0.6 is 0 Å². The summed E-state index contributed by atoms with van der Waals surface area (Å²) in [4.78, 5) is 0. The third-order valence-electron chi connectivity index (χ3n) is 2.81. The lowest BCUT2D eigenvalue weighted by Crippen LogP contribution is -1.96. The minimum Gasteiger partial charge on any atom is -0.377 e. The average molecular weight is 258 g/mol. The Morgan fingerprint density at radius 1 is 1.26 bits per heavy atom. The molecule has 0 aromatic carbocycles. The summed E-state index contributed by atoms with van der Waals surface area (Å²) in [5.74, 6) is 10.9. The Morgan fingerprint density at radius 2 is 2.00 bits per heavy atom. The summed E-state index contributed by atoms with van der Waals surface area (Å²) in [6.45, 7) is 5.66. The number of hydrogen-bond donors (Lipinski definition) is 1. The van der Waals surface area contributed by atoms with Crippen LogP contribution in [0.2, 0.25) is 0 Å². The van der Waals surface area contributed by atoms with Crippen molar-refractivity contribution in [2.75, 3.05) is 0 Å². The molecule has 1 heterocycles.